The molecule has 0 aliphatic carbocycles. The van der Waals surface area contributed by atoms with E-state index in [2.05, 4.69) is 10.8 Å². The zero-order valence-electron chi connectivity index (χ0n) is 11.6. The molecule has 0 atom stereocenters. The van der Waals surface area contributed by atoms with Crippen molar-refractivity contribution in [2.45, 2.75) is 6.42 Å². The van der Waals surface area contributed by atoms with Crippen LogP contribution in [0.3, 0.4) is 0 Å². The van der Waals surface area contributed by atoms with E-state index in [4.69, 9.17) is 17.1 Å². The molecular formula is C16H16N2O2S. The first-order valence-corrected chi connectivity index (χ1v) is 6.87. The van der Waals surface area contributed by atoms with Gasteiger partial charge in [0, 0.05) is 11.3 Å². The highest BCUT2D eigenvalue weighted by molar-refractivity contribution is 7.80. The summed E-state index contributed by atoms with van der Waals surface area (Å²) < 4.78 is 0. The van der Waals surface area contributed by atoms with E-state index in [9.17, 15) is 4.79 Å². The van der Waals surface area contributed by atoms with Gasteiger partial charge < -0.3 is 5.32 Å². The number of anilines is 1. The predicted molar refractivity (Wildman–Crippen MR) is 87.1 cm³/mol. The van der Waals surface area contributed by atoms with E-state index in [1.807, 2.05) is 54.6 Å². The number of thiocarbonyl (C=S) groups is 1. The molecule has 2 aromatic rings. The molecule has 21 heavy (non-hydrogen) atoms. The van der Waals surface area contributed by atoms with E-state index in [0.29, 0.717) is 11.4 Å². The van der Waals surface area contributed by atoms with Gasteiger partial charge in [0.05, 0.1) is 13.5 Å². The lowest BCUT2D eigenvalue weighted by molar-refractivity contribution is -0.115. The van der Waals surface area contributed by atoms with Crippen LogP contribution in [0.2, 0.25) is 0 Å². The number of amides is 1. The summed E-state index contributed by atoms with van der Waals surface area (Å²) in [4.78, 5) is 17.3. The molecule has 2 N–H and O–H groups in total. The molecule has 5 heteroatoms. The Kier molecular flexibility index (Phi) is 5.43. The van der Waals surface area contributed by atoms with Crippen LogP contribution < -0.4 is 10.8 Å². The highest BCUT2D eigenvalue weighted by Gasteiger charge is 2.06. The van der Waals surface area contributed by atoms with Crippen molar-refractivity contribution in [3.05, 3.63) is 65.7 Å². The van der Waals surface area contributed by atoms with E-state index < -0.39 is 0 Å². The quantitative estimate of drug-likeness (QED) is 0.658. The molecule has 4 nitrogen and oxygen atoms in total. The smallest absolute Gasteiger partial charge is 0.228 e. The molecule has 0 heterocycles. The van der Waals surface area contributed by atoms with Crippen LogP contribution in [0, 0.1) is 0 Å². The predicted octanol–water partition coefficient (Wildman–Crippen LogP) is 2.69. The Balaban J connectivity index is 2.01. The molecule has 108 valence electrons. The van der Waals surface area contributed by atoms with Gasteiger partial charge in [-0.1, -0.05) is 48.6 Å². The lowest BCUT2D eigenvalue weighted by Gasteiger charge is -2.08. The van der Waals surface area contributed by atoms with Crippen molar-refractivity contribution in [3.8, 4) is 0 Å². The van der Waals surface area contributed by atoms with E-state index in [0.717, 1.165) is 16.8 Å². The van der Waals surface area contributed by atoms with Gasteiger partial charge in [-0.05, 0) is 23.8 Å². The number of hydroxylamine groups is 1. The van der Waals surface area contributed by atoms with Gasteiger partial charge in [-0.15, -0.1) is 0 Å². The van der Waals surface area contributed by atoms with Crippen LogP contribution in [0.15, 0.2) is 54.6 Å². The Hall–Kier alpha value is -2.24. The molecule has 0 aliphatic heterocycles. The molecule has 1 amide bonds. The molecule has 0 spiro atoms. The SMILES string of the molecule is CONC(=S)c1cccc(CC(=O)Nc2ccccc2)c1. The molecule has 0 bridgehead atoms. The number of hydrogen-bond acceptors (Lipinski definition) is 3. The van der Waals surface area contributed by atoms with Crippen LogP contribution in [0.4, 0.5) is 5.69 Å². The molecule has 0 saturated heterocycles. The fraction of sp³-hybridized carbons (Fsp3) is 0.125. The zero-order valence-corrected chi connectivity index (χ0v) is 12.4. The molecule has 0 radical (unpaired) electrons. The van der Waals surface area contributed by atoms with Crippen molar-refractivity contribution >= 4 is 28.8 Å². The number of benzene rings is 2. The summed E-state index contributed by atoms with van der Waals surface area (Å²) in [6, 6.07) is 16.9. The third kappa shape index (κ3) is 4.66. The van der Waals surface area contributed by atoms with Gasteiger partial charge in [-0.3, -0.25) is 15.1 Å². The van der Waals surface area contributed by atoms with E-state index in [-0.39, 0.29) is 5.91 Å². The summed E-state index contributed by atoms with van der Waals surface area (Å²) in [6.07, 6.45) is 0.290. The van der Waals surface area contributed by atoms with Crippen molar-refractivity contribution in [3.63, 3.8) is 0 Å². The average molecular weight is 300 g/mol. The van der Waals surface area contributed by atoms with Crippen LogP contribution in [-0.4, -0.2) is 18.0 Å². The summed E-state index contributed by atoms with van der Waals surface area (Å²) >= 11 is 5.16. The van der Waals surface area contributed by atoms with Crippen molar-refractivity contribution in [2.24, 2.45) is 0 Å². The lowest BCUT2D eigenvalue weighted by Crippen LogP contribution is -2.21. The topological polar surface area (TPSA) is 50.4 Å². The molecule has 0 fully saturated rings. The standard InChI is InChI=1S/C16H16N2O2S/c1-20-18-16(21)13-7-5-6-12(10-13)11-15(19)17-14-8-3-2-4-9-14/h2-10H,11H2,1H3,(H,17,19)(H,18,21). The Labute approximate surface area is 129 Å². The van der Waals surface area contributed by atoms with Gasteiger partial charge in [0.2, 0.25) is 5.91 Å². The first-order valence-electron chi connectivity index (χ1n) is 6.46. The van der Waals surface area contributed by atoms with Gasteiger partial charge in [0.25, 0.3) is 0 Å². The van der Waals surface area contributed by atoms with Gasteiger partial charge in [-0.25, -0.2) is 0 Å². The van der Waals surface area contributed by atoms with Crippen LogP contribution in [0.1, 0.15) is 11.1 Å². The molecule has 0 saturated carbocycles. The van der Waals surface area contributed by atoms with Gasteiger partial charge in [0.1, 0.15) is 4.99 Å². The van der Waals surface area contributed by atoms with Crippen molar-refractivity contribution in [1.82, 2.24) is 5.48 Å². The zero-order chi connectivity index (χ0) is 15.1. The van der Waals surface area contributed by atoms with Gasteiger partial charge in [-0.2, -0.15) is 0 Å². The van der Waals surface area contributed by atoms with Crippen molar-refractivity contribution < 1.29 is 9.63 Å². The van der Waals surface area contributed by atoms with Crippen LogP contribution >= 0.6 is 12.2 Å². The first-order chi connectivity index (χ1) is 10.2. The fourth-order valence-electron chi connectivity index (χ4n) is 1.89. The number of rotatable bonds is 5. The monoisotopic (exact) mass is 300 g/mol. The number of nitrogens with one attached hydrogen (secondary N) is 2. The number of carbonyl (C=O) groups excluding carboxylic acids is 1. The Morgan fingerprint density at radius 1 is 1.14 bits per heavy atom. The molecule has 2 aromatic carbocycles. The van der Waals surface area contributed by atoms with Gasteiger partial charge >= 0.3 is 0 Å². The molecule has 0 aliphatic rings. The second-order valence-electron chi connectivity index (χ2n) is 4.43. The minimum Gasteiger partial charge on any atom is -0.326 e. The third-order valence-corrected chi connectivity index (χ3v) is 3.13. The molecule has 0 unspecified atom stereocenters. The van der Waals surface area contributed by atoms with Crippen LogP contribution in [-0.2, 0) is 16.1 Å². The fourth-order valence-corrected chi connectivity index (χ4v) is 2.10. The largest absolute Gasteiger partial charge is 0.326 e. The number of hydrogen-bond donors (Lipinski definition) is 2. The maximum atomic E-state index is 12.0. The maximum absolute atomic E-state index is 12.0. The molecule has 0 aromatic heterocycles. The maximum Gasteiger partial charge on any atom is 0.228 e. The minimum absolute atomic E-state index is 0.0658. The number of carbonyl (C=O) groups is 1. The molecular weight excluding hydrogens is 284 g/mol. The summed E-state index contributed by atoms with van der Waals surface area (Å²) in [5.41, 5.74) is 5.11. The Morgan fingerprint density at radius 3 is 2.62 bits per heavy atom. The van der Waals surface area contributed by atoms with E-state index in [1.54, 1.807) is 0 Å². The lowest BCUT2D eigenvalue weighted by atomic mass is 10.1. The van der Waals surface area contributed by atoms with Gasteiger partial charge in [0.15, 0.2) is 0 Å². The summed E-state index contributed by atoms with van der Waals surface area (Å²) in [5, 5.41) is 2.85. The van der Waals surface area contributed by atoms with Crippen LogP contribution in [0.25, 0.3) is 0 Å². The second-order valence-corrected chi connectivity index (χ2v) is 4.83. The van der Waals surface area contributed by atoms with Crippen molar-refractivity contribution in [2.75, 3.05) is 12.4 Å². The van der Waals surface area contributed by atoms with E-state index in [1.165, 1.54) is 7.11 Å². The average Bonchev–Trinajstić information content (AvgIpc) is 2.48. The summed E-state index contributed by atoms with van der Waals surface area (Å²) in [6.45, 7) is 0. The Morgan fingerprint density at radius 2 is 1.90 bits per heavy atom. The third-order valence-electron chi connectivity index (χ3n) is 2.81. The summed E-state index contributed by atoms with van der Waals surface area (Å²) in [5.74, 6) is -0.0658. The second kappa shape index (κ2) is 7.52. The highest BCUT2D eigenvalue weighted by atomic mass is 32.1. The summed E-state index contributed by atoms with van der Waals surface area (Å²) in [7, 11) is 1.50. The first kappa shape index (κ1) is 15.2. The van der Waals surface area contributed by atoms with Crippen LogP contribution in [0.5, 0.6) is 0 Å². The van der Waals surface area contributed by atoms with E-state index >= 15 is 0 Å². The van der Waals surface area contributed by atoms with Crippen molar-refractivity contribution in [1.29, 1.82) is 0 Å². The Bertz CT molecular complexity index is 629. The number of para-hydroxylation sites is 1. The minimum atomic E-state index is -0.0658. The normalized spacial score (nSPS) is 9.95. The highest BCUT2D eigenvalue weighted by Crippen LogP contribution is 2.10. The molecule has 2 rings (SSSR count).